The quantitative estimate of drug-likeness (QED) is 0.642. The van der Waals surface area contributed by atoms with Crippen molar-refractivity contribution < 1.29 is 14.7 Å². The summed E-state index contributed by atoms with van der Waals surface area (Å²) in [7, 11) is 2.20. The summed E-state index contributed by atoms with van der Waals surface area (Å²) in [6, 6.07) is 20.8. The second-order valence-corrected chi connectivity index (χ2v) is 9.27. The highest BCUT2D eigenvalue weighted by molar-refractivity contribution is 5.86. The average molecular weight is 445 g/mol. The first-order valence-electron chi connectivity index (χ1n) is 11.4. The summed E-state index contributed by atoms with van der Waals surface area (Å²) in [4.78, 5) is 28.0. The van der Waals surface area contributed by atoms with E-state index >= 15 is 0 Å². The number of hydrogen-bond donors (Lipinski definition) is 1. The van der Waals surface area contributed by atoms with Gasteiger partial charge in [-0.15, -0.1) is 0 Å². The molecule has 7 nitrogen and oxygen atoms in total. The molecule has 1 amide bonds. The summed E-state index contributed by atoms with van der Waals surface area (Å²) >= 11 is 0. The maximum Gasteiger partial charge on any atom is 0.356 e. The van der Waals surface area contributed by atoms with Gasteiger partial charge in [-0.05, 0) is 60.5 Å². The lowest BCUT2D eigenvalue weighted by Crippen LogP contribution is -2.36. The van der Waals surface area contributed by atoms with Crippen LogP contribution in [0, 0.1) is 11.8 Å². The van der Waals surface area contributed by atoms with E-state index < -0.39 is 5.97 Å². The van der Waals surface area contributed by atoms with E-state index in [1.54, 1.807) is 0 Å². The van der Waals surface area contributed by atoms with Gasteiger partial charge in [-0.25, -0.2) is 9.59 Å². The number of nitrogens with zero attached hydrogens (tertiary/aromatic N) is 4. The molecule has 0 radical (unpaired) electrons. The number of amides is 1. The zero-order valence-corrected chi connectivity index (χ0v) is 18.7. The molecule has 5 rings (SSSR count). The molecule has 2 heterocycles. The van der Waals surface area contributed by atoms with Crippen LogP contribution >= 0.6 is 0 Å². The smallest absolute Gasteiger partial charge is 0.356 e. The summed E-state index contributed by atoms with van der Waals surface area (Å²) in [6.07, 6.45) is 3.58. The zero-order chi connectivity index (χ0) is 22.9. The zero-order valence-electron chi connectivity index (χ0n) is 18.7. The van der Waals surface area contributed by atoms with Crippen LogP contribution < -0.4 is 0 Å². The van der Waals surface area contributed by atoms with Crippen molar-refractivity contribution in [1.82, 2.24) is 19.6 Å². The summed E-state index contributed by atoms with van der Waals surface area (Å²) < 4.78 is 1.15. The molecule has 2 unspecified atom stereocenters. The SMILES string of the molecule is CN(Cc1cccc(-c2ccccc2)c1)C1CC2CN(C(=O)n3ccc(C(=O)O)n3)CC2C1. The Morgan fingerprint density at radius 1 is 1.00 bits per heavy atom. The van der Waals surface area contributed by atoms with E-state index in [-0.39, 0.29) is 11.7 Å². The number of benzene rings is 2. The van der Waals surface area contributed by atoms with E-state index in [0.717, 1.165) is 24.1 Å². The van der Waals surface area contributed by atoms with Gasteiger partial charge in [0.1, 0.15) is 0 Å². The maximum absolute atomic E-state index is 12.7. The third-order valence-corrected chi connectivity index (χ3v) is 7.09. The van der Waals surface area contributed by atoms with Gasteiger partial charge < -0.3 is 10.0 Å². The standard InChI is InChI=1S/C26H28N4O3/c1-28(15-18-6-5-9-20(12-18)19-7-3-2-4-8-19)23-13-21-16-29(17-22(21)14-23)26(33)30-11-10-24(27-30)25(31)32/h2-12,21-23H,13-17H2,1H3,(H,31,32). The van der Waals surface area contributed by atoms with Crippen LogP contribution in [0.25, 0.3) is 11.1 Å². The molecule has 1 aliphatic carbocycles. The molecule has 1 N–H and O–H groups in total. The molecule has 1 aliphatic heterocycles. The fourth-order valence-corrected chi connectivity index (χ4v) is 5.37. The van der Waals surface area contributed by atoms with Crippen molar-refractivity contribution in [2.45, 2.75) is 25.4 Å². The van der Waals surface area contributed by atoms with E-state index in [1.165, 1.54) is 29.0 Å². The summed E-state index contributed by atoms with van der Waals surface area (Å²) in [6.45, 7) is 2.32. The number of carboxylic acids is 1. The monoisotopic (exact) mass is 444 g/mol. The Hall–Kier alpha value is -3.45. The summed E-state index contributed by atoms with van der Waals surface area (Å²) in [5.74, 6) is -0.168. The number of rotatable bonds is 5. The predicted octanol–water partition coefficient (Wildman–Crippen LogP) is 4.06. The molecule has 7 heteroatoms. The highest BCUT2D eigenvalue weighted by Crippen LogP contribution is 2.40. The number of likely N-dealkylation sites (tertiary alicyclic amines) is 1. The predicted molar refractivity (Wildman–Crippen MR) is 125 cm³/mol. The lowest BCUT2D eigenvalue weighted by molar-refractivity contribution is 0.0690. The van der Waals surface area contributed by atoms with E-state index in [4.69, 9.17) is 5.11 Å². The third-order valence-electron chi connectivity index (χ3n) is 7.09. The fraction of sp³-hybridized carbons (Fsp3) is 0.346. The molecule has 170 valence electrons. The molecule has 1 saturated carbocycles. The van der Waals surface area contributed by atoms with Crippen molar-refractivity contribution in [1.29, 1.82) is 0 Å². The van der Waals surface area contributed by atoms with E-state index in [0.29, 0.717) is 31.0 Å². The van der Waals surface area contributed by atoms with Crippen LogP contribution in [-0.4, -0.2) is 62.9 Å². The lowest BCUT2D eigenvalue weighted by atomic mass is 10.0. The molecular formula is C26H28N4O3. The van der Waals surface area contributed by atoms with E-state index in [1.807, 2.05) is 11.0 Å². The van der Waals surface area contributed by atoms with Crippen LogP contribution in [0.5, 0.6) is 0 Å². The second kappa shape index (κ2) is 8.83. The Kier molecular flexibility index (Phi) is 5.72. The Balaban J connectivity index is 1.18. The van der Waals surface area contributed by atoms with Crippen molar-refractivity contribution in [3.8, 4) is 11.1 Å². The van der Waals surface area contributed by atoms with Crippen LogP contribution in [0.2, 0.25) is 0 Å². The van der Waals surface area contributed by atoms with Gasteiger partial charge in [-0.1, -0.05) is 48.5 Å². The number of aromatic carboxylic acids is 1. The average Bonchev–Trinajstić information content (AvgIpc) is 3.54. The Labute approximate surface area is 193 Å². The molecule has 0 spiro atoms. The highest BCUT2D eigenvalue weighted by Gasteiger charge is 2.43. The van der Waals surface area contributed by atoms with Gasteiger partial charge in [0, 0.05) is 31.9 Å². The van der Waals surface area contributed by atoms with Crippen molar-refractivity contribution in [3.63, 3.8) is 0 Å². The minimum atomic E-state index is -1.12. The largest absolute Gasteiger partial charge is 0.476 e. The molecule has 1 saturated heterocycles. The van der Waals surface area contributed by atoms with Crippen molar-refractivity contribution in [2.75, 3.05) is 20.1 Å². The van der Waals surface area contributed by atoms with Crippen LogP contribution in [0.4, 0.5) is 4.79 Å². The molecule has 2 fully saturated rings. The Morgan fingerprint density at radius 2 is 1.70 bits per heavy atom. The molecule has 2 aliphatic rings. The van der Waals surface area contributed by atoms with Crippen molar-refractivity contribution in [3.05, 3.63) is 78.1 Å². The van der Waals surface area contributed by atoms with Gasteiger partial charge in [0.05, 0.1) is 0 Å². The van der Waals surface area contributed by atoms with E-state index in [9.17, 15) is 9.59 Å². The third kappa shape index (κ3) is 4.41. The van der Waals surface area contributed by atoms with Crippen LogP contribution in [-0.2, 0) is 6.54 Å². The molecule has 3 aromatic rings. The maximum atomic E-state index is 12.7. The molecule has 1 aromatic heterocycles. The van der Waals surface area contributed by atoms with Crippen molar-refractivity contribution >= 4 is 12.0 Å². The van der Waals surface area contributed by atoms with Gasteiger partial charge in [0.2, 0.25) is 0 Å². The molecule has 2 atom stereocenters. The van der Waals surface area contributed by atoms with Crippen LogP contribution in [0.1, 0.15) is 28.9 Å². The fourth-order valence-electron chi connectivity index (χ4n) is 5.37. The molecule has 2 aromatic carbocycles. The summed E-state index contributed by atoms with van der Waals surface area (Å²) in [5, 5.41) is 12.9. The molecule has 33 heavy (non-hydrogen) atoms. The number of fused-ring (bicyclic) bond motifs is 1. The first-order valence-corrected chi connectivity index (χ1v) is 11.4. The number of aromatic nitrogens is 2. The minimum absolute atomic E-state index is 0.110. The second-order valence-electron chi connectivity index (χ2n) is 9.27. The van der Waals surface area contributed by atoms with Gasteiger partial charge in [0.15, 0.2) is 5.69 Å². The van der Waals surface area contributed by atoms with Crippen LogP contribution in [0.15, 0.2) is 66.9 Å². The number of carbonyl (C=O) groups is 2. The van der Waals surface area contributed by atoms with Gasteiger partial charge in [-0.2, -0.15) is 9.78 Å². The van der Waals surface area contributed by atoms with Gasteiger partial charge in [-0.3, -0.25) is 4.90 Å². The Bertz CT molecular complexity index is 1150. The van der Waals surface area contributed by atoms with E-state index in [2.05, 4.69) is 65.6 Å². The summed E-state index contributed by atoms with van der Waals surface area (Å²) in [5.41, 5.74) is 3.67. The first kappa shape index (κ1) is 21.4. The number of carbonyl (C=O) groups excluding carboxylic acids is 1. The number of carboxylic acid groups (broad SMARTS) is 1. The molecular weight excluding hydrogens is 416 g/mol. The first-order chi connectivity index (χ1) is 16.0. The topological polar surface area (TPSA) is 78.7 Å². The lowest BCUT2D eigenvalue weighted by Gasteiger charge is -2.26. The van der Waals surface area contributed by atoms with Crippen LogP contribution in [0.3, 0.4) is 0 Å². The van der Waals surface area contributed by atoms with Gasteiger partial charge >= 0.3 is 12.0 Å². The minimum Gasteiger partial charge on any atom is -0.476 e. The highest BCUT2D eigenvalue weighted by atomic mass is 16.4. The van der Waals surface area contributed by atoms with Gasteiger partial charge in [0.25, 0.3) is 0 Å². The Morgan fingerprint density at radius 3 is 2.36 bits per heavy atom. The molecule has 0 bridgehead atoms. The van der Waals surface area contributed by atoms with Crippen molar-refractivity contribution in [2.24, 2.45) is 11.8 Å². The normalized spacial score (nSPS) is 22.0. The number of hydrogen-bond acceptors (Lipinski definition) is 4.